The minimum atomic E-state index is 0.701. The number of hydrogen-bond donors (Lipinski definition) is 1. The number of hydrogen-bond acceptors (Lipinski definition) is 1. The van der Waals surface area contributed by atoms with Crippen LogP contribution < -0.4 is 5.32 Å². The standard InChI is InChI=1S/C10H21N/c1-9(11-3)5-8-10(2)6-4-7-10/h9,11H,4-8H2,1-3H3. The molecule has 1 aliphatic rings. The van der Waals surface area contributed by atoms with Crippen molar-refractivity contribution in [2.75, 3.05) is 7.05 Å². The van der Waals surface area contributed by atoms with Gasteiger partial charge in [0.05, 0.1) is 0 Å². The second-order valence-corrected chi connectivity index (χ2v) is 4.39. The Morgan fingerprint density at radius 1 is 1.45 bits per heavy atom. The minimum Gasteiger partial charge on any atom is -0.317 e. The van der Waals surface area contributed by atoms with Crippen LogP contribution in [0.5, 0.6) is 0 Å². The largest absolute Gasteiger partial charge is 0.317 e. The summed E-state index contributed by atoms with van der Waals surface area (Å²) in [5.41, 5.74) is 0.713. The summed E-state index contributed by atoms with van der Waals surface area (Å²) >= 11 is 0. The zero-order chi connectivity index (χ0) is 8.32. The molecule has 11 heavy (non-hydrogen) atoms. The monoisotopic (exact) mass is 155 g/mol. The molecule has 66 valence electrons. The first-order valence-electron chi connectivity index (χ1n) is 4.83. The maximum Gasteiger partial charge on any atom is 0.00359 e. The molecule has 0 aromatic carbocycles. The molecular formula is C10H21N. The van der Waals surface area contributed by atoms with Crippen LogP contribution in [0.25, 0.3) is 0 Å². The van der Waals surface area contributed by atoms with Crippen molar-refractivity contribution in [1.29, 1.82) is 0 Å². The van der Waals surface area contributed by atoms with Gasteiger partial charge in [0.1, 0.15) is 0 Å². The fourth-order valence-corrected chi connectivity index (χ4v) is 1.74. The van der Waals surface area contributed by atoms with Crippen LogP contribution in [0.1, 0.15) is 46.0 Å². The van der Waals surface area contributed by atoms with Crippen molar-refractivity contribution >= 4 is 0 Å². The van der Waals surface area contributed by atoms with Crippen molar-refractivity contribution < 1.29 is 0 Å². The molecule has 0 saturated heterocycles. The third kappa shape index (κ3) is 2.48. The van der Waals surface area contributed by atoms with Gasteiger partial charge >= 0.3 is 0 Å². The van der Waals surface area contributed by atoms with Crippen molar-refractivity contribution in [3.63, 3.8) is 0 Å². The summed E-state index contributed by atoms with van der Waals surface area (Å²) in [6.45, 7) is 4.70. The highest BCUT2D eigenvalue weighted by Crippen LogP contribution is 2.44. The quantitative estimate of drug-likeness (QED) is 0.658. The second kappa shape index (κ2) is 3.57. The Morgan fingerprint density at radius 3 is 2.45 bits per heavy atom. The van der Waals surface area contributed by atoms with E-state index in [2.05, 4.69) is 19.2 Å². The van der Waals surface area contributed by atoms with Crippen LogP contribution in [-0.2, 0) is 0 Å². The van der Waals surface area contributed by atoms with Crippen molar-refractivity contribution in [2.24, 2.45) is 5.41 Å². The van der Waals surface area contributed by atoms with E-state index in [1.165, 1.54) is 32.1 Å². The van der Waals surface area contributed by atoms with E-state index in [0.717, 1.165) is 0 Å². The molecule has 0 aliphatic heterocycles. The van der Waals surface area contributed by atoms with Crippen molar-refractivity contribution in [1.82, 2.24) is 5.32 Å². The summed E-state index contributed by atoms with van der Waals surface area (Å²) in [6.07, 6.45) is 7.14. The van der Waals surface area contributed by atoms with Crippen molar-refractivity contribution in [2.45, 2.75) is 52.0 Å². The van der Waals surface area contributed by atoms with E-state index >= 15 is 0 Å². The van der Waals surface area contributed by atoms with E-state index in [1.807, 2.05) is 7.05 Å². The molecule has 1 nitrogen and oxygen atoms in total. The van der Waals surface area contributed by atoms with Crippen LogP contribution in [0.4, 0.5) is 0 Å². The lowest BCUT2D eigenvalue weighted by Gasteiger charge is -2.39. The molecule has 1 N–H and O–H groups in total. The van der Waals surface area contributed by atoms with Crippen molar-refractivity contribution in [3.05, 3.63) is 0 Å². The summed E-state index contributed by atoms with van der Waals surface area (Å²) in [6, 6.07) is 0.701. The summed E-state index contributed by atoms with van der Waals surface area (Å²) in [5, 5.41) is 3.29. The highest BCUT2D eigenvalue weighted by atomic mass is 14.8. The molecule has 1 atom stereocenters. The summed E-state index contributed by atoms with van der Waals surface area (Å²) in [4.78, 5) is 0. The first kappa shape index (κ1) is 9.05. The Bertz CT molecular complexity index is 116. The molecule has 0 bridgehead atoms. The molecule has 0 aromatic rings. The Hall–Kier alpha value is -0.0400. The van der Waals surface area contributed by atoms with Gasteiger partial charge in [-0.25, -0.2) is 0 Å². The van der Waals surface area contributed by atoms with Gasteiger partial charge in [0, 0.05) is 6.04 Å². The average Bonchev–Trinajstić information content (AvgIpc) is 1.96. The molecule has 1 fully saturated rings. The van der Waals surface area contributed by atoms with Crippen LogP contribution in [-0.4, -0.2) is 13.1 Å². The smallest absolute Gasteiger partial charge is 0.00359 e. The lowest BCUT2D eigenvalue weighted by atomic mass is 9.67. The first-order chi connectivity index (χ1) is 5.16. The van der Waals surface area contributed by atoms with Gasteiger partial charge in [-0.1, -0.05) is 13.3 Å². The summed E-state index contributed by atoms with van der Waals surface area (Å²) in [5.74, 6) is 0. The van der Waals surface area contributed by atoms with Crippen LogP contribution >= 0.6 is 0 Å². The molecule has 1 rings (SSSR count). The second-order valence-electron chi connectivity index (χ2n) is 4.39. The van der Waals surface area contributed by atoms with Crippen LogP contribution in [0.3, 0.4) is 0 Å². The third-order valence-electron chi connectivity index (χ3n) is 3.23. The van der Waals surface area contributed by atoms with Gasteiger partial charge in [0.2, 0.25) is 0 Å². The molecule has 1 unspecified atom stereocenters. The van der Waals surface area contributed by atoms with Gasteiger partial charge in [-0.3, -0.25) is 0 Å². The van der Waals surface area contributed by atoms with Crippen LogP contribution in [0.15, 0.2) is 0 Å². The predicted octanol–water partition coefficient (Wildman–Crippen LogP) is 2.56. The van der Waals surface area contributed by atoms with Crippen molar-refractivity contribution in [3.8, 4) is 0 Å². The number of rotatable bonds is 4. The van der Waals surface area contributed by atoms with E-state index in [9.17, 15) is 0 Å². The Labute approximate surface area is 70.6 Å². The summed E-state index contributed by atoms with van der Waals surface area (Å²) < 4.78 is 0. The van der Waals surface area contributed by atoms with Gasteiger partial charge in [0.15, 0.2) is 0 Å². The molecule has 0 spiro atoms. The fourth-order valence-electron chi connectivity index (χ4n) is 1.74. The molecule has 1 saturated carbocycles. The zero-order valence-electron chi connectivity index (χ0n) is 8.11. The van der Waals surface area contributed by atoms with Crippen LogP contribution in [0.2, 0.25) is 0 Å². The minimum absolute atomic E-state index is 0.701. The fraction of sp³-hybridized carbons (Fsp3) is 1.00. The van der Waals surface area contributed by atoms with Gasteiger partial charge in [-0.15, -0.1) is 0 Å². The molecule has 0 aromatic heterocycles. The van der Waals surface area contributed by atoms with Crippen LogP contribution in [0, 0.1) is 5.41 Å². The highest BCUT2D eigenvalue weighted by molar-refractivity contribution is 4.83. The molecule has 1 aliphatic carbocycles. The maximum atomic E-state index is 3.29. The molecule has 0 amide bonds. The van der Waals surface area contributed by atoms with E-state index in [4.69, 9.17) is 0 Å². The Morgan fingerprint density at radius 2 is 2.09 bits per heavy atom. The van der Waals surface area contributed by atoms with Gasteiger partial charge in [0.25, 0.3) is 0 Å². The zero-order valence-corrected chi connectivity index (χ0v) is 8.11. The topological polar surface area (TPSA) is 12.0 Å². The maximum absolute atomic E-state index is 3.29. The molecule has 0 heterocycles. The SMILES string of the molecule is CNC(C)CCC1(C)CCC1. The molecule has 1 heteroatoms. The van der Waals surface area contributed by atoms with Gasteiger partial charge in [-0.2, -0.15) is 0 Å². The first-order valence-corrected chi connectivity index (χ1v) is 4.83. The van der Waals surface area contributed by atoms with Gasteiger partial charge < -0.3 is 5.32 Å². The Balaban J connectivity index is 2.11. The normalized spacial score (nSPS) is 24.3. The van der Waals surface area contributed by atoms with Gasteiger partial charge in [-0.05, 0) is 45.1 Å². The summed E-state index contributed by atoms with van der Waals surface area (Å²) in [7, 11) is 2.05. The number of nitrogens with one attached hydrogen (secondary N) is 1. The average molecular weight is 155 g/mol. The van der Waals surface area contributed by atoms with E-state index in [0.29, 0.717) is 11.5 Å². The molecule has 0 radical (unpaired) electrons. The predicted molar refractivity (Wildman–Crippen MR) is 49.7 cm³/mol. The lowest BCUT2D eigenvalue weighted by Crippen LogP contribution is -2.29. The third-order valence-corrected chi connectivity index (χ3v) is 3.23. The molecular weight excluding hydrogens is 134 g/mol. The lowest BCUT2D eigenvalue weighted by molar-refractivity contribution is 0.138. The Kier molecular flexibility index (Phi) is 2.94. The van der Waals surface area contributed by atoms with E-state index in [-0.39, 0.29) is 0 Å². The highest BCUT2D eigenvalue weighted by Gasteiger charge is 2.31. The van der Waals surface area contributed by atoms with E-state index < -0.39 is 0 Å². The van der Waals surface area contributed by atoms with E-state index in [1.54, 1.807) is 0 Å².